The van der Waals surface area contributed by atoms with E-state index >= 15 is 0 Å². The summed E-state index contributed by atoms with van der Waals surface area (Å²) in [6.07, 6.45) is 5.43. The highest BCUT2D eigenvalue weighted by Gasteiger charge is 2.24. The second-order valence-corrected chi connectivity index (χ2v) is 9.16. The first kappa shape index (κ1) is 23.8. The zero-order valence-electron chi connectivity index (χ0n) is 18.2. The maximum absolute atomic E-state index is 13.2. The fourth-order valence-corrected chi connectivity index (χ4v) is 4.42. The number of carbonyl (C=O) groups is 1. The molecule has 3 aromatic rings. The van der Waals surface area contributed by atoms with Crippen molar-refractivity contribution in [2.75, 3.05) is 25.0 Å². The molecule has 0 aliphatic heterocycles. The number of rotatable bonds is 8. The molecule has 0 bridgehead atoms. The van der Waals surface area contributed by atoms with E-state index in [-0.39, 0.29) is 29.4 Å². The van der Waals surface area contributed by atoms with Crippen LogP contribution in [0.2, 0.25) is 0 Å². The van der Waals surface area contributed by atoms with E-state index in [4.69, 9.17) is 11.2 Å². The third-order valence-electron chi connectivity index (χ3n) is 5.03. The minimum atomic E-state index is -3.93. The predicted octanol–water partition coefficient (Wildman–Crippen LogP) is 3.94. The molecule has 0 aliphatic rings. The third kappa shape index (κ3) is 5.51. The molecule has 0 saturated carbocycles. The monoisotopic (exact) mass is 466 g/mol. The normalized spacial score (nSPS) is 10.8. The number of halogens is 1. The molecular formula is C25H23FN2O4S. The van der Waals surface area contributed by atoms with Crippen LogP contribution in [0.15, 0.2) is 77.7 Å². The SMILES string of the molecule is C#CCN(Cc1ccc(F)cc1)C(=O)c1cccc(S(=O)(=O)N(C)c2ccc(OC)cc2)c1. The van der Waals surface area contributed by atoms with E-state index in [1.165, 1.54) is 55.5 Å². The summed E-state index contributed by atoms with van der Waals surface area (Å²) in [6.45, 7) is 0.172. The van der Waals surface area contributed by atoms with Crippen molar-refractivity contribution in [2.24, 2.45) is 0 Å². The fraction of sp³-hybridized carbons (Fsp3) is 0.160. The van der Waals surface area contributed by atoms with Crippen molar-refractivity contribution in [3.63, 3.8) is 0 Å². The quantitative estimate of drug-likeness (QED) is 0.472. The van der Waals surface area contributed by atoms with Gasteiger partial charge in [0, 0.05) is 19.2 Å². The van der Waals surface area contributed by atoms with E-state index in [1.54, 1.807) is 36.4 Å². The average Bonchev–Trinajstić information content (AvgIpc) is 2.84. The van der Waals surface area contributed by atoms with Crippen LogP contribution in [-0.2, 0) is 16.6 Å². The van der Waals surface area contributed by atoms with Crippen LogP contribution in [0.25, 0.3) is 0 Å². The molecule has 0 radical (unpaired) electrons. The van der Waals surface area contributed by atoms with E-state index in [0.29, 0.717) is 17.0 Å². The molecule has 0 heterocycles. The van der Waals surface area contributed by atoms with E-state index in [2.05, 4.69) is 5.92 Å². The van der Waals surface area contributed by atoms with Crippen molar-refractivity contribution in [1.82, 2.24) is 4.90 Å². The number of ether oxygens (including phenoxy) is 1. The molecule has 1 amide bonds. The third-order valence-corrected chi connectivity index (χ3v) is 6.81. The Morgan fingerprint density at radius 2 is 1.73 bits per heavy atom. The predicted molar refractivity (Wildman–Crippen MR) is 125 cm³/mol. The Kier molecular flexibility index (Phi) is 7.36. The first-order valence-electron chi connectivity index (χ1n) is 9.96. The van der Waals surface area contributed by atoms with Crippen molar-refractivity contribution in [2.45, 2.75) is 11.4 Å². The molecule has 0 unspecified atom stereocenters. The van der Waals surface area contributed by atoms with Gasteiger partial charge >= 0.3 is 0 Å². The first-order chi connectivity index (χ1) is 15.8. The summed E-state index contributed by atoms with van der Waals surface area (Å²) >= 11 is 0. The molecule has 33 heavy (non-hydrogen) atoms. The van der Waals surface area contributed by atoms with E-state index in [9.17, 15) is 17.6 Å². The molecule has 0 fully saturated rings. The Morgan fingerprint density at radius 1 is 1.06 bits per heavy atom. The van der Waals surface area contributed by atoms with Gasteiger partial charge in [-0.25, -0.2) is 12.8 Å². The maximum Gasteiger partial charge on any atom is 0.264 e. The van der Waals surface area contributed by atoms with Gasteiger partial charge in [0.2, 0.25) is 0 Å². The number of carbonyl (C=O) groups excluding carboxylic acids is 1. The summed E-state index contributed by atoms with van der Waals surface area (Å²) < 4.78 is 45.8. The molecular weight excluding hydrogens is 443 g/mol. The zero-order valence-corrected chi connectivity index (χ0v) is 19.0. The molecule has 3 aromatic carbocycles. The molecule has 0 N–H and O–H groups in total. The fourth-order valence-electron chi connectivity index (χ4n) is 3.18. The first-order valence-corrected chi connectivity index (χ1v) is 11.4. The van der Waals surface area contributed by atoms with E-state index < -0.39 is 15.9 Å². The minimum absolute atomic E-state index is 0.0128. The van der Waals surface area contributed by atoms with Crippen molar-refractivity contribution in [1.29, 1.82) is 0 Å². The van der Waals surface area contributed by atoms with Gasteiger partial charge in [-0.3, -0.25) is 9.10 Å². The Hall–Kier alpha value is -3.83. The van der Waals surface area contributed by atoms with Gasteiger partial charge in [0.25, 0.3) is 15.9 Å². The van der Waals surface area contributed by atoms with Crippen molar-refractivity contribution < 1.29 is 22.3 Å². The van der Waals surface area contributed by atoms with E-state index in [0.717, 1.165) is 4.31 Å². The summed E-state index contributed by atoms with van der Waals surface area (Å²) in [4.78, 5) is 14.5. The van der Waals surface area contributed by atoms with Gasteiger partial charge in [0.15, 0.2) is 0 Å². The summed E-state index contributed by atoms with van der Waals surface area (Å²) in [5, 5.41) is 0. The molecule has 0 spiro atoms. The molecule has 6 nitrogen and oxygen atoms in total. The highest BCUT2D eigenvalue weighted by Crippen LogP contribution is 2.25. The van der Waals surface area contributed by atoms with Gasteiger partial charge in [0.1, 0.15) is 11.6 Å². The number of hydrogen-bond donors (Lipinski definition) is 0. The smallest absolute Gasteiger partial charge is 0.264 e. The number of nitrogens with zero attached hydrogens (tertiary/aromatic N) is 2. The second-order valence-electron chi connectivity index (χ2n) is 7.19. The number of anilines is 1. The molecule has 170 valence electrons. The molecule has 3 rings (SSSR count). The lowest BCUT2D eigenvalue weighted by atomic mass is 10.1. The van der Waals surface area contributed by atoms with Crippen LogP contribution < -0.4 is 9.04 Å². The van der Waals surface area contributed by atoms with Gasteiger partial charge in [0.05, 0.1) is 24.2 Å². The van der Waals surface area contributed by atoms with Gasteiger partial charge in [-0.05, 0) is 60.2 Å². The van der Waals surface area contributed by atoms with Gasteiger partial charge < -0.3 is 9.64 Å². The Balaban J connectivity index is 1.87. The Bertz CT molecular complexity index is 1270. The van der Waals surface area contributed by atoms with Crippen LogP contribution in [-0.4, -0.2) is 39.9 Å². The second kappa shape index (κ2) is 10.2. The standard InChI is InChI=1S/C25H23FN2O4S/c1-4-16-28(18-19-8-10-21(26)11-9-19)25(29)20-6-5-7-24(17-20)33(30,31)27(2)22-12-14-23(32-3)15-13-22/h1,5-15,17H,16,18H2,2-3H3. The lowest BCUT2D eigenvalue weighted by Crippen LogP contribution is -2.31. The molecule has 0 saturated heterocycles. The summed E-state index contributed by atoms with van der Waals surface area (Å²) in [7, 11) is -0.969. The minimum Gasteiger partial charge on any atom is -0.497 e. The summed E-state index contributed by atoms with van der Waals surface area (Å²) in [5.74, 6) is 2.23. The van der Waals surface area contributed by atoms with Crippen LogP contribution in [0.1, 0.15) is 15.9 Å². The lowest BCUT2D eigenvalue weighted by molar-refractivity contribution is 0.0765. The highest BCUT2D eigenvalue weighted by molar-refractivity contribution is 7.92. The van der Waals surface area contributed by atoms with Crippen LogP contribution in [0.4, 0.5) is 10.1 Å². The van der Waals surface area contributed by atoms with Gasteiger partial charge in [-0.2, -0.15) is 0 Å². The topological polar surface area (TPSA) is 66.9 Å². The molecule has 0 aliphatic carbocycles. The van der Waals surface area contributed by atoms with Gasteiger partial charge in [-0.1, -0.05) is 24.1 Å². The molecule has 0 atom stereocenters. The Morgan fingerprint density at radius 3 is 2.33 bits per heavy atom. The number of terminal acetylenes is 1. The Labute approximate surface area is 193 Å². The van der Waals surface area contributed by atoms with Crippen molar-refractivity contribution >= 4 is 21.6 Å². The number of amides is 1. The molecule has 0 aromatic heterocycles. The highest BCUT2D eigenvalue weighted by atomic mass is 32.2. The zero-order chi connectivity index (χ0) is 24.0. The number of hydrogen-bond acceptors (Lipinski definition) is 4. The van der Waals surface area contributed by atoms with Crippen LogP contribution in [0.5, 0.6) is 5.75 Å². The van der Waals surface area contributed by atoms with Crippen LogP contribution in [0, 0.1) is 18.2 Å². The summed E-state index contributed by atoms with van der Waals surface area (Å²) in [6, 6.07) is 18.1. The lowest BCUT2D eigenvalue weighted by Gasteiger charge is -2.22. The van der Waals surface area contributed by atoms with Crippen molar-refractivity contribution in [3.05, 3.63) is 89.7 Å². The number of benzene rings is 3. The summed E-state index contributed by atoms with van der Waals surface area (Å²) in [5.41, 5.74) is 1.32. The number of sulfonamides is 1. The largest absolute Gasteiger partial charge is 0.497 e. The number of methoxy groups -OCH3 is 1. The van der Waals surface area contributed by atoms with Crippen LogP contribution in [0.3, 0.4) is 0 Å². The van der Waals surface area contributed by atoms with Gasteiger partial charge in [-0.15, -0.1) is 6.42 Å². The molecule has 8 heteroatoms. The average molecular weight is 467 g/mol. The van der Waals surface area contributed by atoms with E-state index in [1.807, 2.05) is 0 Å². The van der Waals surface area contributed by atoms with Crippen LogP contribution >= 0.6 is 0 Å². The van der Waals surface area contributed by atoms with Crippen molar-refractivity contribution in [3.8, 4) is 18.1 Å². The maximum atomic E-state index is 13.2.